The maximum atomic E-state index is 11.9. The van der Waals surface area contributed by atoms with Crippen molar-refractivity contribution in [3.63, 3.8) is 0 Å². The SMILES string of the molecule is Cc1cccc(C2=NOC(=O)C2=CN2CCOCC2)c1. The van der Waals surface area contributed by atoms with Crippen LogP contribution in [0.3, 0.4) is 0 Å². The van der Waals surface area contributed by atoms with Crippen molar-refractivity contribution in [2.75, 3.05) is 26.3 Å². The number of rotatable bonds is 2. The first kappa shape index (κ1) is 12.9. The standard InChI is InChI=1S/C15H16N2O3/c1-11-3-2-4-12(9-11)14-13(15(18)20-16-14)10-17-5-7-19-8-6-17/h2-4,9-10H,5-8H2,1H3. The largest absolute Gasteiger partial charge is 0.378 e. The Hall–Kier alpha value is -2.14. The van der Waals surface area contributed by atoms with Gasteiger partial charge in [-0.1, -0.05) is 28.9 Å². The van der Waals surface area contributed by atoms with E-state index >= 15 is 0 Å². The molecule has 0 bridgehead atoms. The van der Waals surface area contributed by atoms with E-state index in [0.717, 1.165) is 24.2 Å². The minimum absolute atomic E-state index is 0.395. The van der Waals surface area contributed by atoms with Gasteiger partial charge in [-0.3, -0.25) is 0 Å². The van der Waals surface area contributed by atoms with Crippen LogP contribution in [-0.4, -0.2) is 42.9 Å². The smallest absolute Gasteiger partial charge is 0.369 e. The Balaban J connectivity index is 1.90. The van der Waals surface area contributed by atoms with E-state index < -0.39 is 5.97 Å². The van der Waals surface area contributed by atoms with Crippen molar-refractivity contribution in [1.82, 2.24) is 4.90 Å². The summed E-state index contributed by atoms with van der Waals surface area (Å²) in [7, 11) is 0. The number of ether oxygens (including phenoxy) is 1. The summed E-state index contributed by atoms with van der Waals surface area (Å²) in [5, 5.41) is 3.92. The Bertz CT molecular complexity index is 587. The fraction of sp³-hybridized carbons (Fsp3) is 0.333. The molecular formula is C15H16N2O3. The average Bonchev–Trinajstić information content (AvgIpc) is 2.82. The predicted molar refractivity (Wildman–Crippen MR) is 74.3 cm³/mol. The summed E-state index contributed by atoms with van der Waals surface area (Å²) >= 11 is 0. The van der Waals surface area contributed by atoms with E-state index in [4.69, 9.17) is 9.57 Å². The molecule has 104 valence electrons. The van der Waals surface area contributed by atoms with E-state index in [1.807, 2.05) is 37.4 Å². The number of oxime groups is 1. The van der Waals surface area contributed by atoms with E-state index in [1.54, 1.807) is 0 Å². The van der Waals surface area contributed by atoms with Gasteiger partial charge in [-0.2, -0.15) is 0 Å². The van der Waals surface area contributed by atoms with Crippen molar-refractivity contribution in [3.8, 4) is 0 Å². The molecule has 1 aromatic carbocycles. The van der Waals surface area contributed by atoms with Crippen LogP contribution in [0.25, 0.3) is 0 Å². The molecule has 0 amide bonds. The third-order valence-corrected chi connectivity index (χ3v) is 3.34. The topological polar surface area (TPSA) is 51.1 Å². The number of hydrogen-bond donors (Lipinski definition) is 0. The van der Waals surface area contributed by atoms with Gasteiger partial charge in [-0.25, -0.2) is 4.79 Å². The fourth-order valence-electron chi connectivity index (χ4n) is 2.29. The molecule has 1 fully saturated rings. The summed E-state index contributed by atoms with van der Waals surface area (Å²) in [6.07, 6.45) is 1.83. The number of benzene rings is 1. The first-order chi connectivity index (χ1) is 9.74. The lowest BCUT2D eigenvalue weighted by molar-refractivity contribution is -0.137. The maximum absolute atomic E-state index is 11.9. The van der Waals surface area contributed by atoms with Gasteiger partial charge in [0.15, 0.2) is 0 Å². The van der Waals surface area contributed by atoms with Crippen molar-refractivity contribution >= 4 is 11.7 Å². The van der Waals surface area contributed by atoms with Crippen LogP contribution in [0, 0.1) is 6.92 Å². The van der Waals surface area contributed by atoms with Crippen LogP contribution in [0.4, 0.5) is 0 Å². The predicted octanol–water partition coefficient (Wildman–Crippen LogP) is 1.47. The second-order valence-electron chi connectivity index (χ2n) is 4.88. The molecule has 5 heteroatoms. The molecule has 0 unspecified atom stereocenters. The van der Waals surface area contributed by atoms with E-state index in [-0.39, 0.29) is 0 Å². The van der Waals surface area contributed by atoms with Crippen LogP contribution < -0.4 is 0 Å². The third-order valence-electron chi connectivity index (χ3n) is 3.34. The average molecular weight is 272 g/mol. The van der Waals surface area contributed by atoms with Gasteiger partial charge in [0.05, 0.1) is 13.2 Å². The van der Waals surface area contributed by atoms with E-state index in [9.17, 15) is 4.79 Å². The van der Waals surface area contributed by atoms with Crippen molar-refractivity contribution in [3.05, 3.63) is 47.2 Å². The molecule has 0 radical (unpaired) electrons. The molecule has 0 aliphatic carbocycles. The Kier molecular flexibility index (Phi) is 3.52. The zero-order valence-electron chi connectivity index (χ0n) is 11.3. The molecule has 2 aliphatic heterocycles. The highest BCUT2D eigenvalue weighted by molar-refractivity contribution is 6.28. The monoisotopic (exact) mass is 272 g/mol. The van der Waals surface area contributed by atoms with Crippen molar-refractivity contribution in [1.29, 1.82) is 0 Å². The summed E-state index contributed by atoms with van der Waals surface area (Å²) < 4.78 is 5.30. The highest BCUT2D eigenvalue weighted by Gasteiger charge is 2.28. The molecule has 3 rings (SSSR count). The molecule has 0 spiro atoms. The molecule has 0 N–H and O–H groups in total. The van der Waals surface area contributed by atoms with Crippen molar-refractivity contribution < 1.29 is 14.4 Å². The molecule has 0 atom stereocenters. The highest BCUT2D eigenvalue weighted by atomic mass is 16.7. The van der Waals surface area contributed by atoms with Crippen LogP contribution in [0.1, 0.15) is 11.1 Å². The first-order valence-electron chi connectivity index (χ1n) is 6.64. The van der Waals surface area contributed by atoms with E-state index in [2.05, 4.69) is 10.1 Å². The number of aryl methyl sites for hydroxylation is 1. The van der Waals surface area contributed by atoms with Gasteiger partial charge in [-0.05, 0) is 13.0 Å². The zero-order chi connectivity index (χ0) is 13.9. The molecule has 1 aromatic rings. The Morgan fingerprint density at radius 1 is 1.30 bits per heavy atom. The van der Waals surface area contributed by atoms with Gasteiger partial charge < -0.3 is 14.5 Å². The lowest BCUT2D eigenvalue weighted by Gasteiger charge is -2.25. The third kappa shape index (κ3) is 2.58. The number of morpholine rings is 1. The Morgan fingerprint density at radius 2 is 2.10 bits per heavy atom. The summed E-state index contributed by atoms with van der Waals surface area (Å²) in [6, 6.07) is 7.88. The van der Waals surface area contributed by atoms with Gasteiger partial charge in [-0.15, -0.1) is 0 Å². The second kappa shape index (κ2) is 5.46. The first-order valence-corrected chi connectivity index (χ1v) is 6.64. The quantitative estimate of drug-likeness (QED) is 0.604. The Morgan fingerprint density at radius 3 is 2.85 bits per heavy atom. The summed E-state index contributed by atoms with van der Waals surface area (Å²) in [4.78, 5) is 18.8. The maximum Gasteiger partial charge on any atom is 0.369 e. The molecular weight excluding hydrogens is 256 g/mol. The van der Waals surface area contributed by atoms with Crippen molar-refractivity contribution in [2.45, 2.75) is 6.92 Å². The van der Waals surface area contributed by atoms with Crippen molar-refractivity contribution in [2.24, 2.45) is 5.16 Å². The molecule has 20 heavy (non-hydrogen) atoms. The normalized spacial score (nSPS) is 21.1. The second-order valence-corrected chi connectivity index (χ2v) is 4.88. The lowest BCUT2D eigenvalue weighted by atomic mass is 10.0. The lowest BCUT2D eigenvalue weighted by Crippen LogP contribution is -2.33. The molecule has 0 aromatic heterocycles. The van der Waals surface area contributed by atoms with Crippen LogP contribution >= 0.6 is 0 Å². The van der Waals surface area contributed by atoms with Gasteiger partial charge in [0.25, 0.3) is 0 Å². The number of hydrogen-bond acceptors (Lipinski definition) is 5. The minimum Gasteiger partial charge on any atom is -0.378 e. The van der Waals surface area contributed by atoms with Crippen LogP contribution in [0.5, 0.6) is 0 Å². The number of carbonyl (C=O) groups excluding carboxylic acids is 1. The molecule has 2 heterocycles. The minimum atomic E-state index is -0.395. The summed E-state index contributed by atoms with van der Waals surface area (Å²) in [5.74, 6) is -0.395. The number of carbonyl (C=O) groups is 1. The van der Waals surface area contributed by atoms with Crippen LogP contribution in [0.2, 0.25) is 0 Å². The molecule has 0 saturated carbocycles. The number of nitrogens with zero attached hydrogens (tertiary/aromatic N) is 2. The molecule has 1 saturated heterocycles. The van der Waals surface area contributed by atoms with Crippen LogP contribution in [0.15, 0.2) is 41.2 Å². The summed E-state index contributed by atoms with van der Waals surface area (Å²) in [5.41, 5.74) is 3.13. The molecule has 5 nitrogen and oxygen atoms in total. The van der Waals surface area contributed by atoms with Gasteiger partial charge in [0.1, 0.15) is 11.3 Å². The highest BCUT2D eigenvalue weighted by Crippen LogP contribution is 2.19. The zero-order valence-corrected chi connectivity index (χ0v) is 11.3. The van der Waals surface area contributed by atoms with E-state index in [0.29, 0.717) is 24.5 Å². The summed E-state index contributed by atoms with van der Waals surface area (Å²) in [6.45, 7) is 4.91. The molecule has 2 aliphatic rings. The fourth-order valence-corrected chi connectivity index (χ4v) is 2.29. The van der Waals surface area contributed by atoms with Crippen LogP contribution in [-0.2, 0) is 14.4 Å². The van der Waals surface area contributed by atoms with Gasteiger partial charge in [0.2, 0.25) is 0 Å². The van der Waals surface area contributed by atoms with Gasteiger partial charge in [0, 0.05) is 24.9 Å². The van der Waals surface area contributed by atoms with E-state index in [1.165, 1.54) is 0 Å². The Labute approximate surface area is 117 Å². The van der Waals surface area contributed by atoms with Gasteiger partial charge >= 0.3 is 5.97 Å².